The number of esters is 2. The zero-order valence-electron chi connectivity index (χ0n) is 44.6. The zero-order valence-corrected chi connectivity index (χ0v) is 46.4. The van der Waals surface area contributed by atoms with Gasteiger partial charge in [-0.3, -0.25) is 28.0 Å². The SMILES string of the molecule is CCCCCCCC/C=C\CCCCCCCCCC(=O)O[C@@H]1COC(=O)CCCCC(=O)C[C@@H]2[C@H](n3ccc(N)nc3=O)O[C@H](COP(=O)(O)OP(=O)(O)OC1)[C@@H](O)[C@@H](O)[C@@H](/C=C/[C@@H](O)CCCCC)[C@H](O)C[C@@H]2O. The molecule has 24 heteroatoms. The number of hydrogen-bond acceptors (Lipinski definition) is 19. The molecule has 0 aromatic carbocycles. The van der Waals surface area contributed by atoms with Crippen LogP contribution in [0.3, 0.4) is 0 Å². The molecule has 0 radical (unpaired) electrons. The maximum atomic E-state index is 13.7. The van der Waals surface area contributed by atoms with Crippen LogP contribution in [-0.2, 0) is 51.1 Å². The van der Waals surface area contributed by atoms with Crippen LogP contribution in [0.4, 0.5) is 5.82 Å². The molecular formula is C52H89N3O19P2. The maximum absolute atomic E-state index is 13.7. The number of cyclic esters (lactones) is 1. The molecule has 0 saturated carbocycles. The number of anilines is 1. The van der Waals surface area contributed by atoms with Crippen LogP contribution < -0.4 is 11.4 Å². The molecule has 1 aromatic heterocycles. The molecular weight excluding hydrogens is 1030 g/mol. The summed E-state index contributed by atoms with van der Waals surface area (Å²) in [6, 6.07) is 1.18. The average Bonchev–Trinajstić information content (AvgIpc) is 3.35. The lowest BCUT2D eigenvalue weighted by Crippen LogP contribution is -2.52. The second kappa shape index (κ2) is 36.9. The van der Waals surface area contributed by atoms with Crippen molar-refractivity contribution in [3.05, 3.63) is 47.1 Å². The average molecular weight is 1120 g/mol. The summed E-state index contributed by atoms with van der Waals surface area (Å²) in [4.78, 5) is 78.0. The molecule has 0 spiro atoms. The Hall–Kier alpha value is -3.21. The first-order valence-corrected chi connectivity index (χ1v) is 30.5. The Balaban J connectivity index is 1.77. The molecule has 2 aliphatic rings. The smallest absolute Gasteiger partial charge is 0.462 e. The lowest BCUT2D eigenvalue weighted by molar-refractivity contribution is -0.196. The number of carbonyl (C=O) groups is 3. The number of aromatic nitrogens is 2. The molecule has 0 aliphatic carbocycles. The number of ketones is 1. The van der Waals surface area contributed by atoms with E-state index in [-0.39, 0.29) is 37.9 Å². The highest BCUT2D eigenvalue weighted by atomic mass is 31.3. The maximum Gasteiger partial charge on any atom is 0.481 e. The van der Waals surface area contributed by atoms with E-state index < -0.39 is 133 Å². The summed E-state index contributed by atoms with van der Waals surface area (Å²) in [7, 11) is -11.4. The number of carbonyl (C=O) groups excluding carboxylic acids is 3. The van der Waals surface area contributed by atoms with Gasteiger partial charge in [-0.2, -0.15) is 9.29 Å². The van der Waals surface area contributed by atoms with E-state index in [1.165, 1.54) is 56.7 Å². The summed E-state index contributed by atoms with van der Waals surface area (Å²) in [5.41, 5.74) is 4.67. The molecule has 0 amide bonds. The number of ether oxygens (including phenoxy) is 3. The second-order valence-electron chi connectivity index (χ2n) is 20.0. The number of Topliss-reactive ketones (excluding diaryl/α,β-unsaturated/α-hetero) is 1. The minimum Gasteiger partial charge on any atom is -0.462 e. The lowest BCUT2D eigenvalue weighted by atomic mass is 9.82. The van der Waals surface area contributed by atoms with Crippen molar-refractivity contribution in [2.45, 2.75) is 230 Å². The van der Waals surface area contributed by atoms with Gasteiger partial charge in [0, 0.05) is 50.1 Å². The van der Waals surface area contributed by atoms with Crippen molar-refractivity contribution in [2.24, 2.45) is 11.8 Å². The highest BCUT2D eigenvalue weighted by molar-refractivity contribution is 7.61. The van der Waals surface area contributed by atoms with E-state index in [9.17, 15) is 63.6 Å². The van der Waals surface area contributed by atoms with Gasteiger partial charge in [0.2, 0.25) is 0 Å². The van der Waals surface area contributed by atoms with Crippen LogP contribution in [0.2, 0.25) is 0 Å². The monoisotopic (exact) mass is 1120 g/mol. The van der Waals surface area contributed by atoms with E-state index in [1.807, 2.05) is 6.92 Å². The van der Waals surface area contributed by atoms with Gasteiger partial charge in [-0.25, -0.2) is 13.9 Å². The molecule has 2 saturated heterocycles. The van der Waals surface area contributed by atoms with Gasteiger partial charge in [-0.15, -0.1) is 0 Å². The molecule has 9 N–H and O–H groups in total. The fourth-order valence-electron chi connectivity index (χ4n) is 9.06. The summed E-state index contributed by atoms with van der Waals surface area (Å²) in [6.07, 6.45) is 11.8. The van der Waals surface area contributed by atoms with Crippen molar-refractivity contribution in [3.63, 3.8) is 0 Å². The number of hydrogen-bond donors (Lipinski definition) is 8. The highest BCUT2D eigenvalue weighted by Gasteiger charge is 2.45. The van der Waals surface area contributed by atoms with Gasteiger partial charge >= 0.3 is 33.3 Å². The quantitative estimate of drug-likeness (QED) is 0.0205. The number of allylic oxidation sites excluding steroid dienone is 2. The Labute approximate surface area is 448 Å². The van der Waals surface area contributed by atoms with Crippen LogP contribution in [0.15, 0.2) is 41.4 Å². The molecule has 2 bridgehead atoms. The predicted octanol–water partition coefficient (Wildman–Crippen LogP) is 7.34. The van der Waals surface area contributed by atoms with Crippen molar-refractivity contribution in [2.75, 3.05) is 25.6 Å². The first-order valence-electron chi connectivity index (χ1n) is 27.5. The second-order valence-corrected chi connectivity index (χ2v) is 23.1. The summed E-state index contributed by atoms with van der Waals surface area (Å²) in [6.45, 7) is 1.31. The molecule has 3 rings (SSSR count). The van der Waals surface area contributed by atoms with Crippen LogP contribution in [0.5, 0.6) is 0 Å². The van der Waals surface area contributed by atoms with Gasteiger partial charge in [0.25, 0.3) is 0 Å². The number of phosphoric ester groups is 2. The van der Waals surface area contributed by atoms with Crippen molar-refractivity contribution < 1.29 is 86.4 Å². The Morgan fingerprint density at radius 2 is 1.39 bits per heavy atom. The summed E-state index contributed by atoms with van der Waals surface area (Å²) >= 11 is 0. The molecule has 1 aromatic rings. The van der Waals surface area contributed by atoms with Gasteiger partial charge < -0.3 is 55.3 Å². The Morgan fingerprint density at radius 1 is 0.803 bits per heavy atom. The fourth-order valence-corrected chi connectivity index (χ4v) is 11.2. The minimum absolute atomic E-state index is 0.0299. The summed E-state index contributed by atoms with van der Waals surface area (Å²) < 4.78 is 58.9. The molecule has 2 fully saturated rings. The lowest BCUT2D eigenvalue weighted by Gasteiger charge is -2.40. The van der Waals surface area contributed by atoms with Crippen LogP contribution >= 0.6 is 15.6 Å². The van der Waals surface area contributed by atoms with Crippen LogP contribution in [0, 0.1) is 11.8 Å². The molecule has 3 heterocycles. The van der Waals surface area contributed by atoms with Crippen molar-refractivity contribution in [1.29, 1.82) is 0 Å². The van der Waals surface area contributed by atoms with Gasteiger partial charge in [-0.1, -0.05) is 122 Å². The van der Waals surface area contributed by atoms with E-state index in [0.717, 1.165) is 75.0 Å². The zero-order chi connectivity index (χ0) is 55.9. The third-order valence-corrected chi connectivity index (χ3v) is 16.1. The largest absolute Gasteiger partial charge is 0.481 e. The number of aliphatic hydroxyl groups is 5. The molecule has 22 nitrogen and oxygen atoms in total. The number of phosphoric acid groups is 2. The van der Waals surface area contributed by atoms with Crippen LogP contribution in [-0.4, -0.2) is 125 Å². The van der Waals surface area contributed by atoms with E-state index in [2.05, 4.69) is 28.4 Å². The number of fused-ring (bicyclic) bond motifs is 3. The predicted molar refractivity (Wildman–Crippen MR) is 282 cm³/mol. The van der Waals surface area contributed by atoms with Gasteiger partial charge in [0.05, 0.1) is 37.6 Å². The normalized spacial score (nSPS) is 29.7. The van der Waals surface area contributed by atoms with E-state index in [1.54, 1.807) is 0 Å². The number of aliphatic hydroxyl groups excluding tert-OH is 5. The Bertz CT molecular complexity index is 2060. The Morgan fingerprint density at radius 3 is 2.04 bits per heavy atom. The fraction of sp³-hybridized carbons (Fsp3) is 0.788. The molecule has 12 atom stereocenters. The number of nitrogens with two attached hydrogens (primary N) is 1. The van der Waals surface area contributed by atoms with E-state index in [4.69, 9.17) is 29.0 Å². The van der Waals surface area contributed by atoms with E-state index in [0.29, 0.717) is 19.3 Å². The molecule has 2 unspecified atom stereocenters. The third kappa shape index (κ3) is 27.1. The molecule has 2 aliphatic heterocycles. The van der Waals surface area contributed by atoms with Gasteiger partial charge in [-0.05, 0) is 57.4 Å². The van der Waals surface area contributed by atoms with Crippen molar-refractivity contribution >= 4 is 39.2 Å². The first-order chi connectivity index (χ1) is 36.3. The minimum atomic E-state index is -5.76. The number of nitrogen functional groups attached to an aromatic ring is 1. The van der Waals surface area contributed by atoms with Crippen molar-refractivity contribution in [3.8, 4) is 0 Å². The highest BCUT2D eigenvalue weighted by Crippen LogP contribution is 2.60. The molecule has 436 valence electrons. The first kappa shape index (κ1) is 67.1. The van der Waals surface area contributed by atoms with Crippen LogP contribution in [0.1, 0.15) is 187 Å². The number of unbranched alkanes of at least 4 members (excludes halogenated alkanes) is 15. The third-order valence-electron chi connectivity index (χ3n) is 13.5. The Kier molecular flexibility index (Phi) is 32.5. The van der Waals surface area contributed by atoms with Crippen LogP contribution in [0.25, 0.3) is 0 Å². The standard InChI is InChI=1S/C52H89N3O19P2/c1-3-5-7-8-9-10-11-12-13-14-15-16-17-18-19-20-22-28-48(61)72-40-35-69-47(60)27-24-23-26-39(57)33-42-44(59)34-43(58)41(30-29-38(56)25-21-6-4-2)49(62)50(63)45(37-71-76(67,68)74-75(65,66)70-36-40)73-51(42)55-32-31-46(53)54-52(55)64/h12-13,29-32,38,40-45,49-51,56,58-59,62-63H,3-11,14-28,33-37H2,1-2H3,(H,65,66)(H,67,68)(H2,53,54,64)/b13-12-,30-29+/t38-,40+,41-,42-,43+,44-,45+,49-,50+,51+/m0/s1. The van der Waals surface area contributed by atoms with Gasteiger partial charge in [0.1, 0.15) is 36.6 Å². The van der Waals surface area contributed by atoms with Gasteiger partial charge in [0.15, 0.2) is 6.10 Å². The number of nitrogens with zero attached hydrogens (tertiary/aromatic N) is 2. The van der Waals surface area contributed by atoms with Crippen molar-refractivity contribution in [1.82, 2.24) is 9.55 Å². The molecule has 76 heavy (non-hydrogen) atoms. The van der Waals surface area contributed by atoms with E-state index >= 15 is 0 Å². The number of rotatable bonds is 25. The topological polar surface area (TPSA) is 343 Å². The summed E-state index contributed by atoms with van der Waals surface area (Å²) in [5.74, 6) is -5.19. The summed E-state index contributed by atoms with van der Waals surface area (Å²) in [5, 5.41) is 57.5.